The van der Waals surface area contributed by atoms with Crippen LogP contribution in [-0.4, -0.2) is 17.0 Å². The summed E-state index contributed by atoms with van der Waals surface area (Å²) in [4.78, 5) is 2.52. The van der Waals surface area contributed by atoms with Crippen LogP contribution in [-0.2, 0) is 0 Å². The molecule has 2 rings (SSSR count). The second-order valence-electron chi connectivity index (χ2n) is 3.62. The lowest BCUT2D eigenvalue weighted by Gasteiger charge is -2.24. The Morgan fingerprint density at radius 3 is 2.40 bits per heavy atom. The van der Waals surface area contributed by atoms with E-state index in [0.29, 0.717) is 0 Å². The monoisotopic (exact) mass is 137 g/mol. The van der Waals surface area contributed by atoms with Gasteiger partial charge in [-0.15, -0.1) is 0 Å². The molecule has 0 aromatic heterocycles. The van der Waals surface area contributed by atoms with Crippen LogP contribution >= 0.6 is 0 Å². The van der Waals surface area contributed by atoms with Crippen molar-refractivity contribution in [1.29, 1.82) is 0 Å². The van der Waals surface area contributed by atoms with Gasteiger partial charge in [-0.1, -0.05) is 13.0 Å². The second-order valence-corrected chi connectivity index (χ2v) is 3.62. The van der Waals surface area contributed by atoms with Crippen LogP contribution in [0, 0.1) is 5.92 Å². The topological polar surface area (TPSA) is 3.24 Å². The van der Waals surface area contributed by atoms with Gasteiger partial charge in [-0.3, -0.25) is 0 Å². The summed E-state index contributed by atoms with van der Waals surface area (Å²) in [5.41, 5.74) is 0. The van der Waals surface area contributed by atoms with Crippen LogP contribution in [0.1, 0.15) is 26.7 Å². The molecule has 0 bridgehead atoms. The SMILES string of the molecule is CC1C=CN(C2CC2)C1C. The first-order chi connectivity index (χ1) is 4.79. The fraction of sp³-hybridized carbons (Fsp3) is 0.778. The van der Waals surface area contributed by atoms with Crippen LogP contribution in [0.3, 0.4) is 0 Å². The highest BCUT2D eigenvalue weighted by atomic mass is 15.2. The molecule has 0 N–H and O–H groups in total. The van der Waals surface area contributed by atoms with Crippen LogP contribution in [0.25, 0.3) is 0 Å². The molecular weight excluding hydrogens is 122 g/mol. The van der Waals surface area contributed by atoms with Gasteiger partial charge in [-0.05, 0) is 31.9 Å². The number of hydrogen-bond acceptors (Lipinski definition) is 1. The molecule has 2 aliphatic rings. The summed E-state index contributed by atoms with van der Waals surface area (Å²) in [7, 11) is 0. The van der Waals surface area contributed by atoms with E-state index in [9.17, 15) is 0 Å². The largest absolute Gasteiger partial charge is 0.371 e. The maximum absolute atomic E-state index is 2.52. The summed E-state index contributed by atoms with van der Waals surface area (Å²) in [6.45, 7) is 4.62. The molecule has 0 amide bonds. The number of rotatable bonds is 1. The Labute approximate surface area is 62.7 Å². The molecule has 2 atom stereocenters. The Balaban J connectivity index is 2.03. The van der Waals surface area contributed by atoms with Gasteiger partial charge in [0.25, 0.3) is 0 Å². The van der Waals surface area contributed by atoms with Crippen molar-refractivity contribution in [3.8, 4) is 0 Å². The second kappa shape index (κ2) is 2.01. The van der Waals surface area contributed by atoms with Gasteiger partial charge in [0.1, 0.15) is 0 Å². The fourth-order valence-electron chi connectivity index (χ4n) is 1.63. The molecule has 1 nitrogen and oxygen atoms in total. The normalized spacial score (nSPS) is 39.2. The van der Waals surface area contributed by atoms with E-state index in [-0.39, 0.29) is 0 Å². The third-order valence-corrected chi connectivity index (χ3v) is 2.76. The smallest absolute Gasteiger partial charge is 0.0319 e. The van der Waals surface area contributed by atoms with E-state index < -0.39 is 0 Å². The minimum Gasteiger partial charge on any atom is -0.371 e. The summed E-state index contributed by atoms with van der Waals surface area (Å²) in [5.74, 6) is 0.764. The Morgan fingerprint density at radius 2 is 2.00 bits per heavy atom. The van der Waals surface area contributed by atoms with Crippen molar-refractivity contribution >= 4 is 0 Å². The van der Waals surface area contributed by atoms with Crippen LogP contribution in [0.4, 0.5) is 0 Å². The highest BCUT2D eigenvalue weighted by Crippen LogP contribution is 2.34. The van der Waals surface area contributed by atoms with Gasteiger partial charge in [-0.2, -0.15) is 0 Å². The van der Waals surface area contributed by atoms with Crippen molar-refractivity contribution in [2.24, 2.45) is 5.92 Å². The predicted octanol–water partition coefficient (Wildman–Crippen LogP) is 2.00. The highest BCUT2D eigenvalue weighted by molar-refractivity contribution is 5.06. The quantitative estimate of drug-likeness (QED) is 0.534. The molecule has 1 heterocycles. The number of nitrogens with zero attached hydrogens (tertiary/aromatic N) is 1. The van der Waals surface area contributed by atoms with Gasteiger partial charge in [0.2, 0.25) is 0 Å². The van der Waals surface area contributed by atoms with Crippen LogP contribution in [0.5, 0.6) is 0 Å². The molecule has 0 saturated heterocycles. The molecular formula is C9H15N. The molecule has 1 fully saturated rings. The van der Waals surface area contributed by atoms with Gasteiger partial charge in [0.05, 0.1) is 0 Å². The molecule has 1 aliphatic heterocycles. The predicted molar refractivity (Wildman–Crippen MR) is 42.6 cm³/mol. The van der Waals surface area contributed by atoms with Crippen molar-refractivity contribution in [3.63, 3.8) is 0 Å². The Hall–Kier alpha value is -0.460. The zero-order valence-corrected chi connectivity index (χ0v) is 6.75. The van der Waals surface area contributed by atoms with Gasteiger partial charge in [0, 0.05) is 12.1 Å². The fourth-order valence-corrected chi connectivity index (χ4v) is 1.63. The van der Waals surface area contributed by atoms with E-state index in [2.05, 4.69) is 31.0 Å². The van der Waals surface area contributed by atoms with Gasteiger partial charge in [-0.25, -0.2) is 0 Å². The molecule has 0 radical (unpaired) electrons. The molecule has 0 aromatic rings. The Bertz CT molecular complexity index is 158. The van der Waals surface area contributed by atoms with Crippen molar-refractivity contribution in [2.45, 2.75) is 38.8 Å². The molecule has 0 spiro atoms. The highest BCUT2D eigenvalue weighted by Gasteiger charge is 2.33. The van der Waals surface area contributed by atoms with E-state index in [1.807, 2.05) is 0 Å². The first kappa shape index (κ1) is 6.26. The van der Waals surface area contributed by atoms with E-state index in [0.717, 1.165) is 18.0 Å². The molecule has 1 saturated carbocycles. The minimum atomic E-state index is 0.757. The lowest BCUT2D eigenvalue weighted by Crippen LogP contribution is -2.29. The molecule has 1 heteroatoms. The lowest BCUT2D eigenvalue weighted by molar-refractivity contribution is 0.272. The van der Waals surface area contributed by atoms with E-state index in [1.165, 1.54) is 12.8 Å². The summed E-state index contributed by atoms with van der Waals surface area (Å²) in [5, 5.41) is 0. The first-order valence-corrected chi connectivity index (χ1v) is 4.25. The van der Waals surface area contributed by atoms with Crippen molar-refractivity contribution in [2.75, 3.05) is 0 Å². The Kier molecular flexibility index (Phi) is 1.26. The van der Waals surface area contributed by atoms with Crippen LogP contribution in [0.15, 0.2) is 12.3 Å². The zero-order valence-electron chi connectivity index (χ0n) is 6.75. The lowest BCUT2D eigenvalue weighted by atomic mass is 10.1. The maximum Gasteiger partial charge on any atom is 0.0319 e. The van der Waals surface area contributed by atoms with Gasteiger partial charge in [0.15, 0.2) is 0 Å². The van der Waals surface area contributed by atoms with E-state index in [1.54, 1.807) is 0 Å². The summed E-state index contributed by atoms with van der Waals surface area (Å²) in [6, 6.07) is 1.66. The third kappa shape index (κ3) is 0.845. The summed E-state index contributed by atoms with van der Waals surface area (Å²) in [6.07, 6.45) is 7.44. The molecule has 56 valence electrons. The summed E-state index contributed by atoms with van der Waals surface area (Å²) >= 11 is 0. The number of hydrogen-bond donors (Lipinski definition) is 0. The molecule has 10 heavy (non-hydrogen) atoms. The van der Waals surface area contributed by atoms with E-state index in [4.69, 9.17) is 0 Å². The van der Waals surface area contributed by atoms with Crippen molar-refractivity contribution in [3.05, 3.63) is 12.3 Å². The average molecular weight is 137 g/mol. The van der Waals surface area contributed by atoms with E-state index >= 15 is 0 Å². The Morgan fingerprint density at radius 1 is 1.30 bits per heavy atom. The first-order valence-electron chi connectivity index (χ1n) is 4.25. The average Bonchev–Trinajstić information content (AvgIpc) is 2.67. The van der Waals surface area contributed by atoms with Gasteiger partial charge < -0.3 is 4.90 Å². The summed E-state index contributed by atoms with van der Waals surface area (Å²) < 4.78 is 0. The third-order valence-electron chi connectivity index (χ3n) is 2.76. The van der Waals surface area contributed by atoms with Crippen molar-refractivity contribution < 1.29 is 0 Å². The van der Waals surface area contributed by atoms with Gasteiger partial charge >= 0.3 is 0 Å². The zero-order chi connectivity index (χ0) is 7.14. The molecule has 2 unspecified atom stereocenters. The van der Waals surface area contributed by atoms with Crippen LogP contribution < -0.4 is 0 Å². The standard InChI is InChI=1S/C9H15N/c1-7-5-6-10(8(7)2)9-3-4-9/h5-9H,3-4H2,1-2H3. The van der Waals surface area contributed by atoms with Crippen LogP contribution in [0.2, 0.25) is 0 Å². The maximum atomic E-state index is 2.52. The van der Waals surface area contributed by atoms with Crippen molar-refractivity contribution in [1.82, 2.24) is 4.90 Å². The minimum absolute atomic E-state index is 0.757. The molecule has 1 aliphatic carbocycles. The molecule has 0 aromatic carbocycles.